The highest BCUT2D eigenvalue weighted by Crippen LogP contribution is 2.39. The number of ether oxygens (including phenoxy) is 2. The van der Waals surface area contributed by atoms with Crippen molar-refractivity contribution in [2.75, 3.05) is 20.0 Å². The molecule has 1 saturated heterocycles. The Hall–Kier alpha value is -1.55. The monoisotopic (exact) mass is 534 g/mol. The Morgan fingerprint density at radius 3 is 1.86 bits per heavy atom. The third-order valence-electron chi connectivity index (χ3n) is 7.33. The summed E-state index contributed by atoms with van der Waals surface area (Å²) < 4.78 is 48.6. The lowest BCUT2D eigenvalue weighted by molar-refractivity contribution is -0.259. The van der Waals surface area contributed by atoms with Crippen LogP contribution in [-0.4, -0.2) is 55.2 Å². The molecule has 200 valence electrons. The second-order valence-electron chi connectivity index (χ2n) is 11.1. The van der Waals surface area contributed by atoms with Crippen molar-refractivity contribution in [3.05, 3.63) is 60.7 Å². The Balaban J connectivity index is 1.95. The van der Waals surface area contributed by atoms with E-state index in [-0.39, 0.29) is 28.9 Å². The number of methoxy groups -OCH3 is 1. The summed E-state index contributed by atoms with van der Waals surface area (Å²) in [6, 6.07) is 21.0. The molecule has 0 aromatic heterocycles. The Morgan fingerprint density at radius 2 is 1.44 bits per heavy atom. The van der Waals surface area contributed by atoms with E-state index in [9.17, 15) is 8.42 Å². The van der Waals surface area contributed by atoms with E-state index in [1.165, 1.54) is 10.4 Å². The van der Waals surface area contributed by atoms with Gasteiger partial charge in [-0.05, 0) is 15.4 Å². The Morgan fingerprint density at radius 1 is 0.944 bits per heavy atom. The summed E-state index contributed by atoms with van der Waals surface area (Å²) in [4.78, 5) is 0. The quantitative estimate of drug-likeness (QED) is 0.355. The van der Waals surface area contributed by atoms with Crippen LogP contribution >= 0.6 is 0 Å². The first-order chi connectivity index (χ1) is 16.8. The van der Waals surface area contributed by atoms with Gasteiger partial charge < -0.3 is 13.9 Å². The van der Waals surface area contributed by atoms with Gasteiger partial charge in [0.1, 0.15) is 0 Å². The Bertz CT molecular complexity index is 1030. The minimum Gasteiger partial charge on any atom is -0.407 e. The number of rotatable bonds is 9. The van der Waals surface area contributed by atoms with Crippen LogP contribution in [0.3, 0.4) is 0 Å². The van der Waals surface area contributed by atoms with Crippen molar-refractivity contribution < 1.29 is 26.5 Å². The van der Waals surface area contributed by atoms with Crippen molar-refractivity contribution in [3.63, 3.8) is 0 Å². The molecule has 8 heteroatoms. The van der Waals surface area contributed by atoms with Crippen LogP contribution in [0.4, 0.5) is 0 Å². The molecule has 0 saturated carbocycles. The van der Waals surface area contributed by atoms with Gasteiger partial charge in [-0.3, -0.25) is 4.18 Å². The zero-order valence-electron chi connectivity index (χ0n) is 22.8. The fourth-order valence-corrected chi connectivity index (χ4v) is 11.1. The lowest BCUT2D eigenvalue weighted by atomic mass is 9.81. The molecule has 1 heterocycles. The minimum absolute atomic E-state index is 0.0301. The smallest absolute Gasteiger partial charge is 0.264 e. The average Bonchev–Trinajstić information content (AvgIpc) is 2.82. The summed E-state index contributed by atoms with van der Waals surface area (Å²) >= 11 is 0. The molecule has 6 atom stereocenters. The molecule has 0 N–H and O–H groups in total. The highest BCUT2D eigenvalue weighted by molar-refractivity contribution is 7.86. The van der Waals surface area contributed by atoms with Gasteiger partial charge in [0.15, 0.2) is 6.29 Å². The van der Waals surface area contributed by atoms with E-state index in [0.29, 0.717) is 6.61 Å². The van der Waals surface area contributed by atoms with Crippen molar-refractivity contribution in [1.82, 2.24) is 0 Å². The largest absolute Gasteiger partial charge is 0.407 e. The van der Waals surface area contributed by atoms with E-state index in [2.05, 4.69) is 76.2 Å². The third-order valence-corrected chi connectivity index (χ3v) is 12.9. The molecule has 2 aromatic rings. The molecule has 0 aliphatic carbocycles. The van der Waals surface area contributed by atoms with Crippen LogP contribution in [0.15, 0.2) is 60.7 Å². The highest BCUT2D eigenvalue weighted by Gasteiger charge is 2.51. The molecule has 1 aliphatic rings. The first kappa shape index (κ1) is 29.0. The topological polar surface area (TPSA) is 71.1 Å². The average molecular weight is 535 g/mol. The van der Waals surface area contributed by atoms with Crippen LogP contribution in [0.5, 0.6) is 0 Å². The van der Waals surface area contributed by atoms with Gasteiger partial charge >= 0.3 is 0 Å². The zero-order valence-corrected chi connectivity index (χ0v) is 24.6. The van der Waals surface area contributed by atoms with Crippen LogP contribution in [-0.2, 0) is 28.2 Å². The molecule has 0 amide bonds. The number of hydrogen-bond donors (Lipinski definition) is 0. The third kappa shape index (κ3) is 6.11. The van der Waals surface area contributed by atoms with Gasteiger partial charge in [-0.15, -0.1) is 0 Å². The summed E-state index contributed by atoms with van der Waals surface area (Å²) in [6.07, 6.45) is -0.308. The van der Waals surface area contributed by atoms with Gasteiger partial charge in [-0.1, -0.05) is 102 Å². The van der Waals surface area contributed by atoms with Crippen molar-refractivity contribution in [3.8, 4) is 0 Å². The summed E-state index contributed by atoms with van der Waals surface area (Å²) in [6.45, 7) is 13.2. The molecular weight excluding hydrogens is 492 g/mol. The lowest BCUT2D eigenvalue weighted by Crippen LogP contribution is -2.67. The first-order valence-electron chi connectivity index (χ1n) is 12.6. The van der Waals surface area contributed by atoms with Gasteiger partial charge in [0.25, 0.3) is 18.4 Å². The van der Waals surface area contributed by atoms with Gasteiger partial charge in [-0.25, -0.2) is 0 Å². The Labute approximate surface area is 218 Å². The SMILES string of the molecule is CO[C@H]1O[C@H]([C@H](C)CO[Si](c2ccccc2)(c2ccccc2)C(C)(C)C)[C@H](C)[C@H](OS(C)(=O)=O)[C@@H]1C. The number of hydrogen-bond acceptors (Lipinski definition) is 6. The van der Waals surface area contributed by atoms with E-state index in [1.807, 2.05) is 26.0 Å². The first-order valence-corrected chi connectivity index (χ1v) is 16.4. The molecule has 36 heavy (non-hydrogen) atoms. The van der Waals surface area contributed by atoms with Crippen molar-refractivity contribution in [2.24, 2.45) is 17.8 Å². The molecular formula is C28H42O6SSi. The van der Waals surface area contributed by atoms with Crippen molar-refractivity contribution in [1.29, 1.82) is 0 Å². The van der Waals surface area contributed by atoms with E-state index in [1.54, 1.807) is 7.11 Å². The van der Waals surface area contributed by atoms with Gasteiger partial charge in [0, 0.05) is 31.5 Å². The van der Waals surface area contributed by atoms with Crippen LogP contribution in [0.25, 0.3) is 0 Å². The molecule has 0 unspecified atom stereocenters. The van der Waals surface area contributed by atoms with Crippen molar-refractivity contribution in [2.45, 2.75) is 65.1 Å². The predicted molar refractivity (Wildman–Crippen MR) is 146 cm³/mol. The second kappa shape index (κ2) is 11.5. The summed E-state index contributed by atoms with van der Waals surface area (Å²) in [5.41, 5.74) is 0. The zero-order chi connectivity index (χ0) is 26.7. The van der Waals surface area contributed by atoms with Gasteiger partial charge in [0.05, 0.1) is 18.5 Å². The summed E-state index contributed by atoms with van der Waals surface area (Å²) in [7, 11) is -4.76. The van der Waals surface area contributed by atoms with Crippen LogP contribution in [0, 0.1) is 17.8 Å². The molecule has 2 aromatic carbocycles. The van der Waals surface area contributed by atoms with Gasteiger partial charge in [-0.2, -0.15) is 8.42 Å². The normalized spacial score (nSPS) is 26.5. The Kier molecular flexibility index (Phi) is 9.23. The maximum absolute atomic E-state index is 12.0. The standard InChI is InChI=1S/C28H42O6SSi/c1-20(25-21(2)26(34-35(8,29)30)22(3)27(31-7)33-25)19-32-36(28(4,5)6,23-15-11-9-12-16-23)24-17-13-10-14-18-24/h9-18,20-22,25-27H,19H2,1-8H3/t20-,21+,22+,25-,26+,27+/m1/s1. The van der Waals surface area contributed by atoms with Crippen LogP contribution < -0.4 is 10.4 Å². The molecule has 6 nitrogen and oxygen atoms in total. The lowest BCUT2D eigenvalue weighted by Gasteiger charge is -2.47. The maximum atomic E-state index is 12.0. The van der Waals surface area contributed by atoms with Crippen LogP contribution in [0.2, 0.25) is 5.04 Å². The predicted octanol–water partition coefficient (Wildman–Crippen LogP) is 4.19. The molecule has 1 aliphatic heterocycles. The maximum Gasteiger partial charge on any atom is 0.264 e. The van der Waals surface area contributed by atoms with Crippen LogP contribution in [0.1, 0.15) is 41.5 Å². The molecule has 1 fully saturated rings. The molecule has 3 rings (SSSR count). The van der Waals surface area contributed by atoms with E-state index < -0.39 is 30.8 Å². The minimum atomic E-state index is -3.63. The van der Waals surface area contributed by atoms with Crippen molar-refractivity contribution >= 4 is 28.8 Å². The fraction of sp³-hybridized carbons (Fsp3) is 0.571. The highest BCUT2D eigenvalue weighted by atomic mass is 32.2. The molecule has 0 spiro atoms. The summed E-state index contributed by atoms with van der Waals surface area (Å²) in [5.74, 6) is -0.433. The fourth-order valence-electron chi connectivity index (χ4n) is 5.64. The van der Waals surface area contributed by atoms with Gasteiger partial charge in [0.2, 0.25) is 0 Å². The molecule has 0 bridgehead atoms. The summed E-state index contributed by atoms with van der Waals surface area (Å²) in [5, 5.41) is 2.30. The molecule has 0 radical (unpaired) electrons. The van der Waals surface area contributed by atoms with E-state index >= 15 is 0 Å². The van der Waals surface area contributed by atoms with E-state index in [0.717, 1.165) is 6.26 Å². The number of benzene rings is 2. The second-order valence-corrected chi connectivity index (χ2v) is 17.0. The van der Waals surface area contributed by atoms with E-state index in [4.69, 9.17) is 18.1 Å².